The Labute approximate surface area is 186 Å². The second-order valence-corrected chi connectivity index (χ2v) is 7.32. The molecule has 0 spiro atoms. The van der Waals surface area contributed by atoms with E-state index in [9.17, 15) is 4.79 Å². The summed E-state index contributed by atoms with van der Waals surface area (Å²) in [5.41, 5.74) is 2.94. The Morgan fingerprint density at radius 2 is 1.74 bits per heavy atom. The van der Waals surface area contributed by atoms with Gasteiger partial charge in [0.25, 0.3) is 0 Å². The molecular weight excluding hydrogens is 416 g/mol. The number of aryl methyl sites for hydroxylation is 1. The van der Waals surface area contributed by atoms with Crippen molar-refractivity contribution in [3.8, 4) is 28.6 Å². The van der Waals surface area contributed by atoms with E-state index in [1.165, 1.54) is 0 Å². The number of rotatable bonds is 9. The average Bonchev–Trinajstić information content (AvgIpc) is 3.16. The lowest BCUT2D eigenvalue weighted by atomic mass is 10.1. The third-order valence-electron chi connectivity index (χ3n) is 4.84. The van der Waals surface area contributed by atoms with Crippen molar-refractivity contribution in [3.63, 3.8) is 0 Å². The van der Waals surface area contributed by atoms with Crippen molar-refractivity contribution < 1.29 is 19.0 Å². The van der Waals surface area contributed by atoms with Crippen LogP contribution < -0.4 is 19.5 Å². The Morgan fingerprint density at radius 1 is 1.10 bits per heavy atom. The maximum atomic E-state index is 12.5. The number of benzene rings is 2. The molecule has 164 valence electrons. The summed E-state index contributed by atoms with van der Waals surface area (Å²) in [7, 11) is 4.66. The Kier molecular flexibility index (Phi) is 7.30. The molecular formula is C22H26N4O4S. The third-order valence-corrected chi connectivity index (χ3v) is 5.16. The molecule has 9 heteroatoms. The highest BCUT2D eigenvalue weighted by Crippen LogP contribution is 2.38. The molecule has 0 bridgehead atoms. The Hall–Kier alpha value is -3.33. The van der Waals surface area contributed by atoms with Crippen LogP contribution >= 0.6 is 12.2 Å². The lowest BCUT2D eigenvalue weighted by Gasteiger charge is -2.14. The van der Waals surface area contributed by atoms with Gasteiger partial charge in [-0.05, 0) is 36.8 Å². The van der Waals surface area contributed by atoms with Gasteiger partial charge in [-0.25, -0.2) is 0 Å². The molecule has 0 atom stereocenters. The standard InChI is InChI=1S/C22H26N4O4S/c1-14-5-7-16(8-6-14)21-24-25-22(31)26(21)10-9-19(27)23-13-15-11-17(28-2)20(30-4)18(12-15)29-3/h5-8,11-12H,9-10,13H2,1-4H3,(H,23,27)(H,25,31). The van der Waals surface area contributed by atoms with Gasteiger partial charge in [0, 0.05) is 25.1 Å². The van der Waals surface area contributed by atoms with E-state index in [1.54, 1.807) is 21.3 Å². The quantitative estimate of drug-likeness (QED) is 0.492. The van der Waals surface area contributed by atoms with Gasteiger partial charge in [0.05, 0.1) is 21.3 Å². The van der Waals surface area contributed by atoms with Crippen LogP contribution in [0.15, 0.2) is 36.4 Å². The number of aromatic nitrogens is 3. The van der Waals surface area contributed by atoms with Gasteiger partial charge in [-0.3, -0.25) is 14.5 Å². The van der Waals surface area contributed by atoms with E-state index in [4.69, 9.17) is 26.4 Å². The fourth-order valence-corrected chi connectivity index (χ4v) is 3.41. The van der Waals surface area contributed by atoms with Gasteiger partial charge in [-0.2, -0.15) is 5.10 Å². The number of nitrogens with zero attached hydrogens (tertiary/aromatic N) is 2. The highest BCUT2D eigenvalue weighted by atomic mass is 32.1. The molecule has 1 amide bonds. The molecule has 3 rings (SSSR count). The number of nitrogens with one attached hydrogen (secondary N) is 2. The van der Waals surface area contributed by atoms with Crippen molar-refractivity contribution in [2.24, 2.45) is 0 Å². The zero-order valence-corrected chi connectivity index (χ0v) is 18.8. The largest absolute Gasteiger partial charge is 0.493 e. The molecule has 0 aliphatic heterocycles. The summed E-state index contributed by atoms with van der Waals surface area (Å²) >= 11 is 5.34. The van der Waals surface area contributed by atoms with E-state index in [0.717, 1.165) is 16.7 Å². The highest BCUT2D eigenvalue weighted by Gasteiger charge is 2.14. The van der Waals surface area contributed by atoms with Gasteiger partial charge in [0.1, 0.15) is 0 Å². The lowest BCUT2D eigenvalue weighted by molar-refractivity contribution is -0.121. The van der Waals surface area contributed by atoms with E-state index in [2.05, 4.69) is 15.5 Å². The molecule has 0 aliphatic rings. The number of methoxy groups -OCH3 is 3. The van der Waals surface area contributed by atoms with Crippen LogP contribution in [0.5, 0.6) is 17.2 Å². The zero-order valence-electron chi connectivity index (χ0n) is 18.0. The minimum absolute atomic E-state index is 0.105. The fraction of sp³-hybridized carbons (Fsp3) is 0.318. The molecule has 0 saturated carbocycles. The van der Waals surface area contributed by atoms with Crippen molar-refractivity contribution in [3.05, 3.63) is 52.3 Å². The summed E-state index contributed by atoms with van der Waals surface area (Å²) in [5.74, 6) is 2.20. The maximum absolute atomic E-state index is 12.5. The summed E-state index contributed by atoms with van der Waals surface area (Å²) in [6.07, 6.45) is 0.261. The number of hydrogen-bond acceptors (Lipinski definition) is 6. The van der Waals surface area contributed by atoms with E-state index in [1.807, 2.05) is 47.9 Å². The van der Waals surface area contributed by atoms with Crippen LogP contribution in [0.3, 0.4) is 0 Å². The summed E-state index contributed by atoms with van der Waals surface area (Å²) in [4.78, 5) is 12.5. The summed E-state index contributed by atoms with van der Waals surface area (Å²) < 4.78 is 18.3. The molecule has 3 aromatic rings. The second-order valence-electron chi connectivity index (χ2n) is 6.93. The van der Waals surface area contributed by atoms with Crippen LogP contribution in [0.25, 0.3) is 11.4 Å². The molecule has 2 aromatic carbocycles. The van der Waals surface area contributed by atoms with Crippen LogP contribution in [0.2, 0.25) is 0 Å². The van der Waals surface area contributed by atoms with E-state index in [-0.39, 0.29) is 12.3 Å². The molecule has 1 heterocycles. The normalized spacial score (nSPS) is 10.6. The van der Waals surface area contributed by atoms with Gasteiger partial charge in [0.15, 0.2) is 22.1 Å². The van der Waals surface area contributed by atoms with Gasteiger partial charge in [0.2, 0.25) is 11.7 Å². The molecule has 0 aliphatic carbocycles. The summed E-state index contributed by atoms with van der Waals surface area (Å²) in [6.45, 7) is 2.77. The van der Waals surface area contributed by atoms with Crippen molar-refractivity contribution in [1.82, 2.24) is 20.1 Å². The second kappa shape index (κ2) is 10.1. The van der Waals surface area contributed by atoms with Crippen LogP contribution in [0, 0.1) is 11.7 Å². The molecule has 8 nitrogen and oxygen atoms in total. The van der Waals surface area contributed by atoms with Gasteiger partial charge in [-0.15, -0.1) is 0 Å². The SMILES string of the molecule is COc1cc(CNC(=O)CCn2c(-c3ccc(C)cc3)n[nH]c2=S)cc(OC)c1OC. The summed E-state index contributed by atoms with van der Waals surface area (Å²) in [6, 6.07) is 11.6. The number of carbonyl (C=O) groups is 1. The number of amides is 1. The van der Waals surface area contributed by atoms with Crippen LogP contribution in [0.1, 0.15) is 17.5 Å². The van der Waals surface area contributed by atoms with Crippen LogP contribution in [-0.2, 0) is 17.9 Å². The average molecular weight is 443 g/mol. The molecule has 1 aromatic heterocycles. The Bertz CT molecular complexity index is 1080. The first kappa shape index (κ1) is 22.4. The van der Waals surface area contributed by atoms with Crippen molar-refractivity contribution in [1.29, 1.82) is 0 Å². The number of hydrogen-bond donors (Lipinski definition) is 2. The predicted molar refractivity (Wildman–Crippen MR) is 120 cm³/mol. The maximum Gasteiger partial charge on any atom is 0.222 e. The van der Waals surface area contributed by atoms with Crippen LogP contribution in [0.4, 0.5) is 0 Å². The van der Waals surface area contributed by atoms with Crippen molar-refractivity contribution in [2.45, 2.75) is 26.4 Å². The Balaban J connectivity index is 1.65. The van der Waals surface area contributed by atoms with Gasteiger partial charge >= 0.3 is 0 Å². The number of ether oxygens (including phenoxy) is 3. The molecule has 31 heavy (non-hydrogen) atoms. The molecule has 0 unspecified atom stereocenters. The monoisotopic (exact) mass is 442 g/mol. The van der Waals surface area contributed by atoms with Gasteiger partial charge < -0.3 is 19.5 Å². The van der Waals surface area contributed by atoms with Crippen molar-refractivity contribution in [2.75, 3.05) is 21.3 Å². The smallest absolute Gasteiger partial charge is 0.222 e. The fourth-order valence-electron chi connectivity index (χ4n) is 3.19. The molecule has 0 fully saturated rings. The van der Waals surface area contributed by atoms with E-state index in [0.29, 0.717) is 40.9 Å². The van der Waals surface area contributed by atoms with E-state index >= 15 is 0 Å². The summed E-state index contributed by atoms with van der Waals surface area (Å²) in [5, 5.41) is 10.0. The first-order valence-corrected chi connectivity index (χ1v) is 10.2. The highest BCUT2D eigenvalue weighted by molar-refractivity contribution is 7.71. The minimum Gasteiger partial charge on any atom is -0.493 e. The first-order chi connectivity index (χ1) is 15.0. The van der Waals surface area contributed by atoms with Crippen molar-refractivity contribution >= 4 is 18.1 Å². The lowest BCUT2D eigenvalue weighted by Crippen LogP contribution is -2.24. The zero-order chi connectivity index (χ0) is 22.4. The Morgan fingerprint density at radius 3 is 2.32 bits per heavy atom. The van der Waals surface area contributed by atoms with E-state index < -0.39 is 0 Å². The van der Waals surface area contributed by atoms with Crippen LogP contribution in [-0.4, -0.2) is 42.0 Å². The molecule has 0 radical (unpaired) electrons. The topological polar surface area (TPSA) is 90.4 Å². The third kappa shape index (κ3) is 5.24. The first-order valence-electron chi connectivity index (χ1n) is 9.74. The van der Waals surface area contributed by atoms with Gasteiger partial charge in [-0.1, -0.05) is 29.8 Å². The number of aromatic amines is 1. The number of H-pyrrole nitrogens is 1. The predicted octanol–water partition coefficient (Wildman–Crippen LogP) is 3.65. The number of carbonyl (C=O) groups excluding carboxylic acids is 1. The minimum atomic E-state index is -0.105. The molecule has 0 saturated heterocycles. The molecule has 2 N–H and O–H groups in total.